The van der Waals surface area contributed by atoms with Gasteiger partial charge in [-0.2, -0.15) is 4.31 Å². The van der Waals surface area contributed by atoms with Crippen molar-refractivity contribution in [2.45, 2.75) is 45.6 Å². The van der Waals surface area contributed by atoms with Crippen LogP contribution in [-0.2, 0) is 10.0 Å². The third kappa shape index (κ3) is 3.26. The Balaban J connectivity index is 0.00000220. The number of nitrogens with zero attached hydrogens (tertiary/aromatic N) is 1. The maximum atomic E-state index is 13.0. The molecule has 2 rings (SSSR count). The van der Waals surface area contributed by atoms with Gasteiger partial charge >= 0.3 is 0 Å². The molecule has 0 saturated carbocycles. The van der Waals surface area contributed by atoms with Gasteiger partial charge in [0.15, 0.2) is 0 Å². The number of hydrogen-bond acceptors (Lipinski definition) is 3. The van der Waals surface area contributed by atoms with Gasteiger partial charge in [-0.1, -0.05) is 6.07 Å². The first-order valence-electron chi connectivity index (χ1n) is 7.06. The second-order valence-corrected chi connectivity index (χ2v) is 7.59. The van der Waals surface area contributed by atoms with Crippen molar-refractivity contribution >= 4 is 22.4 Å². The van der Waals surface area contributed by atoms with Crippen LogP contribution in [0.5, 0.6) is 0 Å². The Bertz CT molecular complexity index is 603. The second kappa shape index (κ2) is 6.65. The monoisotopic (exact) mass is 332 g/mol. The molecule has 0 unspecified atom stereocenters. The number of nitrogens with one attached hydrogen (secondary N) is 1. The lowest BCUT2D eigenvalue weighted by atomic mass is 10.0. The van der Waals surface area contributed by atoms with Crippen molar-refractivity contribution in [3.63, 3.8) is 0 Å². The van der Waals surface area contributed by atoms with Gasteiger partial charge < -0.3 is 5.32 Å². The van der Waals surface area contributed by atoms with Crippen molar-refractivity contribution in [3.8, 4) is 0 Å². The third-order valence-corrected chi connectivity index (χ3v) is 6.59. The molecule has 0 amide bonds. The summed E-state index contributed by atoms with van der Waals surface area (Å²) >= 11 is 0. The standard InChI is InChI=1S/C15H24N2O2S.ClH/c1-10-8-11(2)14(5)15(13(10)4)20(18,19)17-7-6-16-9-12(17)3;/h8,12,16H,6-7,9H2,1-5H3;1H/t12-;/m0./s1. The molecule has 1 fully saturated rings. The molecule has 0 radical (unpaired) electrons. The highest BCUT2D eigenvalue weighted by atomic mass is 35.5. The molecule has 1 aromatic rings. The molecule has 0 spiro atoms. The Morgan fingerprint density at radius 2 is 1.67 bits per heavy atom. The molecule has 6 heteroatoms. The van der Waals surface area contributed by atoms with Crippen molar-refractivity contribution < 1.29 is 8.42 Å². The van der Waals surface area contributed by atoms with E-state index in [4.69, 9.17) is 0 Å². The molecule has 4 nitrogen and oxygen atoms in total. The Morgan fingerprint density at radius 1 is 1.14 bits per heavy atom. The molecule has 1 atom stereocenters. The van der Waals surface area contributed by atoms with E-state index in [2.05, 4.69) is 11.4 Å². The summed E-state index contributed by atoms with van der Waals surface area (Å²) in [4.78, 5) is 0.503. The lowest BCUT2D eigenvalue weighted by molar-refractivity contribution is 0.283. The number of halogens is 1. The van der Waals surface area contributed by atoms with E-state index in [1.54, 1.807) is 4.31 Å². The molecule has 1 heterocycles. The van der Waals surface area contributed by atoms with Crippen LogP contribution in [0.15, 0.2) is 11.0 Å². The minimum absolute atomic E-state index is 0. The zero-order chi connectivity index (χ0) is 15.1. The SMILES string of the molecule is Cc1cc(C)c(C)c(S(=O)(=O)N2CCNC[C@@H]2C)c1C.Cl. The number of benzene rings is 1. The molecular formula is C15H25ClN2O2S. The summed E-state index contributed by atoms with van der Waals surface area (Å²) < 4.78 is 27.7. The maximum Gasteiger partial charge on any atom is 0.243 e. The van der Waals surface area contributed by atoms with E-state index in [0.29, 0.717) is 24.5 Å². The van der Waals surface area contributed by atoms with E-state index in [-0.39, 0.29) is 18.4 Å². The lowest BCUT2D eigenvalue weighted by Crippen LogP contribution is -2.52. The zero-order valence-electron chi connectivity index (χ0n) is 13.4. The molecule has 1 aliphatic heterocycles. The largest absolute Gasteiger partial charge is 0.314 e. The van der Waals surface area contributed by atoms with Crippen LogP contribution in [0.25, 0.3) is 0 Å². The Morgan fingerprint density at radius 3 is 2.14 bits per heavy atom. The second-order valence-electron chi connectivity index (χ2n) is 5.76. The molecular weight excluding hydrogens is 308 g/mol. The van der Waals surface area contributed by atoms with Gasteiger partial charge in [-0.25, -0.2) is 8.42 Å². The van der Waals surface area contributed by atoms with Gasteiger partial charge in [0.05, 0.1) is 4.90 Å². The van der Waals surface area contributed by atoms with E-state index in [0.717, 1.165) is 22.3 Å². The molecule has 1 aromatic carbocycles. The van der Waals surface area contributed by atoms with Crippen LogP contribution in [0.1, 0.15) is 29.2 Å². The number of sulfonamides is 1. The number of piperazine rings is 1. The Kier molecular flexibility index (Phi) is 5.83. The smallest absolute Gasteiger partial charge is 0.243 e. The first-order chi connectivity index (χ1) is 9.26. The quantitative estimate of drug-likeness (QED) is 0.904. The molecule has 1 aliphatic rings. The van der Waals surface area contributed by atoms with Crippen LogP contribution in [0.3, 0.4) is 0 Å². The Hall–Kier alpha value is -0.620. The predicted octanol–water partition coefficient (Wildman–Crippen LogP) is 2.32. The summed E-state index contributed by atoms with van der Waals surface area (Å²) in [5, 5.41) is 3.23. The predicted molar refractivity (Wildman–Crippen MR) is 88.9 cm³/mol. The molecule has 120 valence electrons. The Labute approximate surface area is 134 Å². The maximum absolute atomic E-state index is 13.0. The van der Waals surface area contributed by atoms with Crippen LogP contribution in [-0.4, -0.2) is 38.4 Å². The minimum Gasteiger partial charge on any atom is -0.314 e. The summed E-state index contributed by atoms with van der Waals surface area (Å²) in [7, 11) is -3.42. The van der Waals surface area contributed by atoms with Crippen LogP contribution in [0, 0.1) is 27.7 Å². The molecule has 1 saturated heterocycles. The fourth-order valence-corrected chi connectivity index (χ4v) is 5.07. The topological polar surface area (TPSA) is 49.4 Å². The van der Waals surface area contributed by atoms with Crippen LogP contribution >= 0.6 is 12.4 Å². The summed E-state index contributed by atoms with van der Waals surface area (Å²) in [6.45, 7) is 11.7. The average Bonchev–Trinajstić information content (AvgIpc) is 2.36. The highest BCUT2D eigenvalue weighted by Gasteiger charge is 2.33. The molecule has 0 bridgehead atoms. The van der Waals surface area contributed by atoms with Crippen molar-refractivity contribution in [1.82, 2.24) is 9.62 Å². The van der Waals surface area contributed by atoms with Crippen molar-refractivity contribution in [3.05, 3.63) is 28.3 Å². The molecule has 0 aromatic heterocycles. The number of hydrogen-bond donors (Lipinski definition) is 1. The normalized spacial score (nSPS) is 20.1. The molecule has 21 heavy (non-hydrogen) atoms. The van der Waals surface area contributed by atoms with Crippen molar-refractivity contribution in [2.24, 2.45) is 0 Å². The highest BCUT2D eigenvalue weighted by Crippen LogP contribution is 2.29. The van der Waals surface area contributed by atoms with Crippen LogP contribution in [0.2, 0.25) is 0 Å². The van der Waals surface area contributed by atoms with Gasteiger partial charge in [-0.05, 0) is 56.9 Å². The van der Waals surface area contributed by atoms with E-state index in [1.165, 1.54) is 0 Å². The highest BCUT2D eigenvalue weighted by molar-refractivity contribution is 7.89. The van der Waals surface area contributed by atoms with Crippen molar-refractivity contribution in [2.75, 3.05) is 19.6 Å². The minimum atomic E-state index is -3.42. The summed E-state index contributed by atoms with van der Waals surface area (Å²) in [6.07, 6.45) is 0. The van der Waals surface area contributed by atoms with Gasteiger partial charge in [0.1, 0.15) is 0 Å². The average molecular weight is 333 g/mol. The van der Waals surface area contributed by atoms with E-state index in [9.17, 15) is 8.42 Å². The van der Waals surface area contributed by atoms with Crippen LogP contribution < -0.4 is 5.32 Å². The van der Waals surface area contributed by atoms with E-state index < -0.39 is 10.0 Å². The molecule has 1 N–H and O–H groups in total. The number of rotatable bonds is 2. The van der Waals surface area contributed by atoms with Gasteiger partial charge in [-0.15, -0.1) is 12.4 Å². The first-order valence-corrected chi connectivity index (χ1v) is 8.50. The fourth-order valence-electron chi connectivity index (χ4n) is 2.86. The zero-order valence-corrected chi connectivity index (χ0v) is 15.0. The third-order valence-electron chi connectivity index (χ3n) is 4.30. The van der Waals surface area contributed by atoms with E-state index in [1.807, 2.05) is 34.6 Å². The fraction of sp³-hybridized carbons (Fsp3) is 0.600. The lowest BCUT2D eigenvalue weighted by Gasteiger charge is -2.34. The molecule has 0 aliphatic carbocycles. The van der Waals surface area contributed by atoms with Crippen LogP contribution in [0.4, 0.5) is 0 Å². The van der Waals surface area contributed by atoms with E-state index >= 15 is 0 Å². The summed E-state index contributed by atoms with van der Waals surface area (Å²) in [5.74, 6) is 0. The van der Waals surface area contributed by atoms with Crippen molar-refractivity contribution in [1.29, 1.82) is 0 Å². The first kappa shape index (κ1) is 18.4. The summed E-state index contributed by atoms with van der Waals surface area (Å²) in [5.41, 5.74) is 3.82. The van der Waals surface area contributed by atoms with Gasteiger partial charge in [0.25, 0.3) is 0 Å². The number of aryl methyl sites for hydroxylation is 2. The summed E-state index contributed by atoms with van der Waals surface area (Å²) in [6, 6.07) is 2.05. The van der Waals surface area contributed by atoms with Gasteiger partial charge in [0, 0.05) is 25.7 Å². The van der Waals surface area contributed by atoms with Gasteiger partial charge in [-0.3, -0.25) is 0 Å². The van der Waals surface area contributed by atoms with Gasteiger partial charge in [0.2, 0.25) is 10.0 Å².